The molecule has 4 aromatic carbocycles. The van der Waals surface area contributed by atoms with E-state index in [1.54, 1.807) is 11.3 Å². The molecule has 0 N–H and O–H groups in total. The third-order valence-electron chi connectivity index (χ3n) is 7.66. The van der Waals surface area contributed by atoms with Crippen LogP contribution in [0.3, 0.4) is 0 Å². The van der Waals surface area contributed by atoms with Crippen LogP contribution >= 0.6 is 22.9 Å². The van der Waals surface area contributed by atoms with E-state index in [0.717, 1.165) is 48.8 Å². The summed E-state index contributed by atoms with van der Waals surface area (Å²) in [5.41, 5.74) is 4.42. The molecular weight excluding hydrogens is 612 g/mol. The predicted octanol–water partition coefficient (Wildman–Crippen LogP) is 7.88. The molecule has 0 saturated heterocycles. The number of benzene rings is 4. The SMILES string of the molecule is [C-]#[N+]c1cc2c(cc1Cl)N(CC)/C(=C\C=C\c1sc3cc4ccccc4cc3[n+]1CCCS(=O)(=O)[O-])N2Cc1ccccc1. The Bertz CT molecular complexity index is 2080. The summed E-state index contributed by atoms with van der Waals surface area (Å²) in [6, 6.07) is 26.3. The van der Waals surface area contributed by atoms with Crippen molar-refractivity contribution in [2.75, 3.05) is 22.1 Å². The van der Waals surface area contributed by atoms with Crippen molar-refractivity contribution in [1.29, 1.82) is 0 Å². The molecule has 0 spiro atoms. The van der Waals surface area contributed by atoms with E-state index in [-0.39, 0.29) is 6.42 Å². The van der Waals surface area contributed by atoms with Gasteiger partial charge in [-0.2, -0.15) is 4.57 Å². The van der Waals surface area contributed by atoms with E-state index in [9.17, 15) is 13.0 Å². The van der Waals surface area contributed by atoms with Crippen molar-refractivity contribution in [3.63, 3.8) is 0 Å². The normalized spacial score (nSPS) is 14.3. The first kappa shape index (κ1) is 29.9. The van der Waals surface area contributed by atoms with Crippen molar-refractivity contribution >= 4 is 77.2 Å². The Kier molecular flexibility index (Phi) is 8.43. The number of rotatable bonds is 9. The second kappa shape index (κ2) is 12.4. The van der Waals surface area contributed by atoms with Gasteiger partial charge in [-0.25, -0.2) is 13.3 Å². The van der Waals surface area contributed by atoms with Crippen LogP contribution in [0.2, 0.25) is 5.02 Å². The summed E-state index contributed by atoms with van der Waals surface area (Å²) in [6.07, 6.45) is 6.32. The van der Waals surface area contributed by atoms with Crippen molar-refractivity contribution in [1.82, 2.24) is 0 Å². The van der Waals surface area contributed by atoms with Crippen LogP contribution in [0.15, 0.2) is 96.8 Å². The van der Waals surface area contributed by atoms with Gasteiger partial charge in [0, 0.05) is 42.4 Å². The van der Waals surface area contributed by atoms with Gasteiger partial charge in [0.25, 0.3) is 5.01 Å². The Hall–Kier alpha value is -4.20. The van der Waals surface area contributed by atoms with Crippen LogP contribution in [0.25, 0.3) is 31.9 Å². The van der Waals surface area contributed by atoms with Crippen molar-refractivity contribution in [3.05, 3.63) is 124 Å². The molecule has 1 aliphatic rings. The fourth-order valence-corrected chi connectivity index (χ4v) is 7.47. The molecule has 0 unspecified atom stereocenters. The van der Waals surface area contributed by atoms with E-state index < -0.39 is 15.9 Å². The highest BCUT2D eigenvalue weighted by atomic mass is 35.5. The van der Waals surface area contributed by atoms with Gasteiger partial charge in [-0.15, -0.1) is 0 Å². The van der Waals surface area contributed by atoms with E-state index in [1.807, 2.05) is 54.6 Å². The molecule has 2 heterocycles. The Morgan fingerprint density at radius 1 is 1.00 bits per heavy atom. The Labute approximate surface area is 266 Å². The lowest BCUT2D eigenvalue weighted by atomic mass is 10.1. The molecule has 222 valence electrons. The number of allylic oxidation sites excluding steroid dienone is 2. The second-order valence-corrected chi connectivity index (χ2v) is 13.5. The Morgan fingerprint density at radius 2 is 1.70 bits per heavy atom. The molecule has 7 nitrogen and oxygen atoms in total. The van der Waals surface area contributed by atoms with Crippen LogP contribution in [-0.2, 0) is 23.2 Å². The minimum atomic E-state index is -4.31. The molecule has 0 bridgehead atoms. The zero-order chi connectivity index (χ0) is 30.8. The van der Waals surface area contributed by atoms with Crippen molar-refractivity contribution in [2.45, 2.75) is 26.4 Å². The van der Waals surface area contributed by atoms with Gasteiger partial charge in [-0.1, -0.05) is 83.6 Å². The van der Waals surface area contributed by atoms with Crippen LogP contribution in [0.1, 0.15) is 23.9 Å². The van der Waals surface area contributed by atoms with Crippen molar-refractivity contribution < 1.29 is 17.5 Å². The van der Waals surface area contributed by atoms with Gasteiger partial charge >= 0.3 is 0 Å². The van der Waals surface area contributed by atoms with E-state index in [2.05, 4.69) is 68.6 Å². The lowest BCUT2D eigenvalue weighted by molar-refractivity contribution is -0.668. The monoisotopic (exact) mass is 640 g/mol. The second-order valence-electron chi connectivity index (χ2n) is 10.5. The quantitative estimate of drug-likeness (QED) is 0.0931. The first-order valence-electron chi connectivity index (χ1n) is 14.2. The lowest BCUT2D eigenvalue weighted by Gasteiger charge is -2.24. The highest BCUT2D eigenvalue weighted by Gasteiger charge is 2.31. The molecule has 0 saturated carbocycles. The van der Waals surface area contributed by atoms with Gasteiger partial charge in [0.1, 0.15) is 10.5 Å². The molecule has 0 radical (unpaired) electrons. The summed E-state index contributed by atoms with van der Waals surface area (Å²) in [4.78, 5) is 8.03. The first-order chi connectivity index (χ1) is 21.3. The maximum Gasteiger partial charge on any atom is 0.262 e. The van der Waals surface area contributed by atoms with Gasteiger partial charge in [-0.05, 0) is 47.5 Å². The van der Waals surface area contributed by atoms with Crippen LogP contribution < -0.4 is 14.4 Å². The summed E-state index contributed by atoms with van der Waals surface area (Å²) in [6.45, 7) is 11.4. The molecule has 6 rings (SSSR count). The van der Waals surface area contributed by atoms with Crippen LogP contribution in [0, 0.1) is 6.57 Å². The number of halogens is 1. The maximum absolute atomic E-state index is 11.4. The van der Waals surface area contributed by atoms with Crippen molar-refractivity contribution in [3.8, 4) is 0 Å². The number of thiazole rings is 1. The molecule has 0 aliphatic carbocycles. The summed E-state index contributed by atoms with van der Waals surface area (Å²) in [5.74, 6) is 0.544. The first-order valence-corrected chi connectivity index (χ1v) is 17.0. The number of hydrogen-bond acceptors (Lipinski definition) is 6. The molecule has 1 aromatic heterocycles. The summed E-state index contributed by atoms with van der Waals surface area (Å²) >= 11 is 8.11. The Morgan fingerprint density at radius 3 is 2.41 bits per heavy atom. The van der Waals surface area contributed by atoms with Crippen LogP contribution in [0.5, 0.6) is 0 Å². The average molecular weight is 641 g/mol. The van der Waals surface area contributed by atoms with E-state index in [4.69, 9.17) is 18.2 Å². The molecule has 0 fully saturated rings. The standard InChI is InChI=1S/C34H29ClN4O3S2/c1-3-37-29-21-27(35)28(36-2)22-30(29)39(23-24-11-5-4-6-12-24)33(37)15-9-16-34-38(17-10-18-44(40,41)42)31-19-25-13-7-8-14-26(25)20-32(31)43-34/h4-9,11-16,19-22H,3,10,17-18,23H2,1H3. The largest absolute Gasteiger partial charge is 0.748 e. The molecule has 10 heteroatoms. The number of nitrogens with zero attached hydrogens (tertiary/aromatic N) is 4. The third-order valence-corrected chi connectivity index (χ3v) is 9.86. The molecule has 1 aliphatic heterocycles. The van der Waals surface area contributed by atoms with E-state index >= 15 is 0 Å². The molecule has 0 amide bonds. The van der Waals surface area contributed by atoms with Gasteiger partial charge < -0.3 is 14.4 Å². The minimum Gasteiger partial charge on any atom is -0.748 e. The number of hydrogen-bond donors (Lipinski definition) is 0. The molecule has 0 atom stereocenters. The molecular formula is C34H29ClN4O3S2. The maximum atomic E-state index is 11.4. The fourth-order valence-electron chi connectivity index (χ4n) is 5.65. The topological polar surface area (TPSA) is 71.9 Å². The zero-order valence-corrected chi connectivity index (χ0v) is 26.4. The van der Waals surface area contributed by atoms with E-state index in [0.29, 0.717) is 30.3 Å². The third kappa shape index (κ3) is 6.07. The fraction of sp³-hybridized carbons (Fsp3) is 0.176. The number of aryl methyl sites for hydroxylation is 1. The van der Waals surface area contributed by atoms with Gasteiger partial charge in [0.15, 0.2) is 6.54 Å². The number of aromatic nitrogens is 1. The Balaban J connectivity index is 1.42. The molecule has 5 aromatic rings. The average Bonchev–Trinajstić information content (AvgIpc) is 3.48. The predicted molar refractivity (Wildman–Crippen MR) is 179 cm³/mol. The smallest absolute Gasteiger partial charge is 0.262 e. The van der Waals surface area contributed by atoms with E-state index in [1.165, 1.54) is 0 Å². The van der Waals surface area contributed by atoms with Gasteiger partial charge in [0.05, 0.1) is 28.1 Å². The minimum absolute atomic E-state index is 0.227. The highest BCUT2D eigenvalue weighted by Crippen LogP contribution is 2.47. The van der Waals surface area contributed by atoms with Crippen molar-refractivity contribution in [2.24, 2.45) is 0 Å². The zero-order valence-electron chi connectivity index (χ0n) is 24.0. The molecule has 44 heavy (non-hydrogen) atoms. The summed E-state index contributed by atoms with van der Waals surface area (Å²) in [5, 5.41) is 3.59. The van der Waals surface area contributed by atoms with Crippen LogP contribution in [-0.4, -0.2) is 25.3 Å². The van der Waals surface area contributed by atoms with Crippen LogP contribution in [0.4, 0.5) is 17.1 Å². The summed E-state index contributed by atoms with van der Waals surface area (Å²) < 4.78 is 37.3. The summed E-state index contributed by atoms with van der Waals surface area (Å²) in [7, 11) is -4.31. The number of fused-ring (bicyclic) bond motifs is 3. The lowest BCUT2D eigenvalue weighted by Crippen LogP contribution is -2.36. The van der Waals surface area contributed by atoms with Gasteiger partial charge in [0.2, 0.25) is 11.2 Å². The highest BCUT2D eigenvalue weighted by molar-refractivity contribution is 7.85. The number of anilines is 2. The van der Waals surface area contributed by atoms with Gasteiger partial charge in [-0.3, -0.25) is 0 Å².